The summed E-state index contributed by atoms with van der Waals surface area (Å²) in [5.41, 5.74) is 2.99. The van der Waals surface area contributed by atoms with E-state index in [1.54, 1.807) is 13.0 Å². The van der Waals surface area contributed by atoms with E-state index in [-0.39, 0.29) is 11.5 Å². The topological polar surface area (TPSA) is 119 Å². The lowest BCUT2D eigenvalue weighted by Gasteiger charge is -2.34. The number of nitrogens with one attached hydrogen (secondary N) is 3. The predicted molar refractivity (Wildman–Crippen MR) is 154 cm³/mol. The van der Waals surface area contributed by atoms with Gasteiger partial charge in [0.2, 0.25) is 5.95 Å². The number of nitrogens with zero attached hydrogens (tertiary/aromatic N) is 5. The van der Waals surface area contributed by atoms with Crippen molar-refractivity contribution < 1.29 is 9.90 Å². The second kappa shape index (κ2) is 11.4. The Morgan fingerprint density at radius 1 is 1.10 bits per heavy atom. The van der Waals surface area contributed by atoms with Gasteiger partial charge in [0.05, 0.1) is 5.69 Å². The van der Waals surface area contributed by atoms with Crippen LogP contribution in [0.1, 0.15) is 41.4 Å². The minimum absolute atomic E-state index is 0.277. The Bertz CT molecular complexity index is 1330. The molecule has 204 valence electrons. The van der Waals surface area contributed by atoms with Gasteiger partial charge in [-0.05, 0) is 69.1 Å². The molecule has 4 N–H and O–H groups in total. The number of aryl methyl sites for hydroxylation is 1. The van der Waals surface area contributed by atoms with E-state index in [9.17, 15) is 9.90 Å². The molecule has 1 aromatic carbocycles. The molecule has 1 atom stereocenters. The van der Waals surface area contributed by atoms with Crippen molar-refractivity contribution in [2.24, 2.45) is 0 Å². The lowest BCUT2D eigenvalue weighted by molar-refractivity contribution is 0.0341. The van der Waals surface area contributed by atoms with Crippen molar-refractivity contribution in [2.45, 2.75) is 31.8 Å². The van der Waals surface area contributed by atoms with E-state index in [2.05, 4.69) is 61.5 Å². The normalized spacial score (nSPS) is 19.2. The highest BCUT2D eigenvalue weighted by molar-refractivity contribution is 5.99. The summed E-state index contributed by atoms with van der Waals surface area (Å²) in [6.07, 6.45) is 5.55. The first-order valence-electron chi connectivity index (χ1n) is 13.4. The van der Waals surface area contributed by atoms with Gasteiger partial charge < -0.3 is 30.9 Å². The first-order valence-corrected chi connectivity index (χ1v) is 13.4. The fourth-order valence-electron chi connectivity index (χ4n) is 5.00. The Morgan fingerprint density at radius 3 is 2.62 bits per heavy atom. The molecule has 2 aromatic heterocycles. The van der Waals surface area contributed by atoms with E-state index in [0.29, 0.717) is 36.2 Å². The fourth-order valence-corrected chi connectivity index (χ4v) is 5.00. The number of likely N-dealkylation sites (N-methyl/N-ethyl adjacent to an activating group) is 1. The van der Waals surface area contributed by atoms with Crippen LogP contribution in [-0.4, -0.2) is 70.6 Å². The van der Waals surface area contributed by atoms with E-state index in [1.807, 2.05) is 24.3 Å². The quantitative estimate of drug-likeness (QED) is 0.325. The maximum Gasteiger partial charge on any atom is 0.256 e. The van der Waals surface area contributed by atoms with Gasteiger partial charge >= 0.3 is 0 Å². The fraction of sp³-hybridized carbons (Fsp3) is 0.379. The van der Waals surface area contributed by atoms with Gasteiger partial charge in [0.25, 0.3) is 5.91 Å². The molecule has 1 saturated heterocycles. The molecule has 5 rings (SSSR count). The molecule has 1 aliphatic carbocycles. The van der Waals surface area contributed by atoms with Gasteiger partial charge in [0, 0.05) is 50.3 Å². The second-order valence-corrected chi connectivity index (χ2v) is 10.4. The molecule has 2 aliphatic rings. The smallest absolute Gasteiger partial charge is 0.256 e. The van der Waals surface area contributed by atoms with Crippen LogP contribution >= 0.6 is 0 Å². The number of carbonyl (C=O) groups is 1. The van der Waals surface area contributed by atoms with Crippen LogP contribution in [0.4, 0.5) is 29.0 Å². The number of benzene rings is 1. The Labute approximate surface area is 229 Å². The molecule has 1 amide bonds. The van der Waals surface area contributed by atoms with Crippen molar-refractivity contribution in [3.05, 3.63) is 72.1 Å². The molecule has 1 fully saturated rings. The number of aromatic nitrogens is 3. The number of piperazine rings is 1. The van der Waals surface area contributed by atoms with Gasteiger partial charge in [-0.2, -0.15) is 4.98 Å². The molecule has 10 nitrogen and oxygen atoms in total. The zero-order valence-corrected chi connectivity index (χ0v) is 22.6. The minimum Gasteiger partial charge on any atom is -0.384 e. The van der Waals surface area contributed by atoms with Crippen molar-refractivity contribution in [3.8, 4) is 0 Å². The van der Waals surface area contributed by atoms with Crippen LogP contribution < -0.4 is 20.9 Å². The number of aliphatic hydroxyl groups is 1. The Morgan fingerprint density at radius 2 is 1.87 bits per heavy atom. The van der Waals surface area contributed by atoms with Crippen LogP contribution in [0.3, 0.4) is 0 Å². The monoisotopic (exact) mass is 528 g/mol. The third-order valence-electron chi connectivity index (χ3n) is 7.28. The molecule has 3 aromatic rings. The summed E-state index contributed by atoms with van der Waals surface area (Å²) < 4.78 is 0. The molecule has 0 spiro atoms. The van der Waals surface area contributed by atoms with Crippen LogP contribution in [0.25, 0.3) is 0 Å². The average molecular weight is 529 g/mol. The summed E-state index contributed by atoms with van der Waals surface area (Å²) in [7, 11) is 2.15. The molecule has 0 unspecified atom stereocenters. The molecule has 39 heavy (non-hydrogen) atoms. The zero-order chi connectivity index (χ0) is 27.4. The van der Waals surface area contributed by atoms with Crippen molar-refractivity contribution in [2.75, 3.05) is 55.3 Å². The number of amides is 1. The number of hydrogen-bond donors (Lipinski definition) is 4. The third-order valence-corrected chi connectivity index (χ3v) is 7.28. The Hall–Kier alpha value is -4.02. The highest BCUT2D eigenvalue weighted by atomic mass is 16.3. The molecule has 0 radical (unpaired) electrons. The van der Waals surface area contributed by atoms with Crippen LogP contribution in [0, 0.1) is 0 Å². The number of carbonyl (C=O) groups excluding carboxylic acids is 1. The number of hydrogen-bond acceptors (Lipinski definition) is 9. The van der Waals surface area contributed by atoms with Crippen LogP contribution in [0.15, 0.2) is 55.3 Å². The van der Waals surface area contributed by atoms with E-state index in [0.717, 1.165) is 50.3 Å². The summed E-state index contributed by atoms with van der Waals surface area (Å²) in [4.78, 5) is 31.3. The first kappa shape index (κ1) is 26.6. The van der Waals surface area contributed by atoms with Gasteiger partial charge in [0.15, 0.2) is 0 Å². The molecule has 10 heteroatoms. The van der Waals surface area contributed by atoms with Gasteiger partial charge in [-0.15, -0.1) is 6.58 Å². The van der Waals surface area contributed by atoms with E-state index in [1.165, 1.54) is 11.9 Å². The number of pyridine rings is 1. The maximum absolute atomic E-state index is 12.9. The predicted octanol–water partition coefficient (Wildman–Crippen LogP) is 3.57. The number of fused-ring (bicyclic) bond motifs is 1. The number of rotatable bonds is 8. The first-order chi connectivity index (χ1) is 18.8. The minimum atomic E-state index is -0.996. The van der Waals surface area contributed by atoms with Crippen molar-refractivity contribution in [1.29, 1.82) is 0 Å². The van der Waals surface area contributed by atoms with Gasteiger partial charge in [-0.25, -0.2) is 9.97 Å². The SMILES string of the molecule is C=CCNC(=O)c1cnc(Nc2ccc(N3CCN(C)CC3)cc2)nc1Nc1ccc2c(n1)[C@](C)(O)CCC2. The Kier molecular flexibility index (Phi) is 7.76. The van der Waals surface area contributed by atoms with E-state index >= 15 is 0 Å². The highest BCUT2D eigenvalue weighted by Gasteiger charge is 2.31. The van der Waals surface area contributed by atoms with Crippen molar-refractivity contribution >= 4 is 34.9 Å². The summed E-state index contributed by atoms with van der Waals surface area (Å²) in [6, 6.07) is 12.0. The van der Waals surface area contributed by atoms with Gasteiger partial charge in [0.1, 0.15) is 22.8 Å². The summed E-state index contributed by atoms with van der Waals surface area (Å²) in [6.45, 7) is 9.87. The summed E-state index contributed by atoms with van der Waals surface area (Å²) in [5.74, 6) is 0.821. The second-order valence-electron chi connectivity index (χ2n) is 10.4. The lowest BCUT2D eigenvalue weighted by atomic mass is 9.84. The molecule has 1 aliphatic heterocycles. The zero-order valence-electron chi connectivity index (χ0n) is 22.6. The summed E-state index contributed by atoms with van der Waals surface area (Å²) >= 11 is 0. The Balaban J connectivity index is 1.38. The molecule has 0 bridgehead atoms. The van der Waals surface area contributed by atoms with Crippen molar-refractivity contribution in [1.82, 2.24) is 25.2 Å². The van der Waals surface area contributed by atoms with Gasteiger partial charge in [-0.3, -0.25) is 4.79 Å². The number of anilines is 5. The standard InChI is InChI=1S/C29H36N8O2/c1-4-14-30-27(38)23-19-31-28(32-21-8-10-22(11-9-21)37-17-15-36(3)16-18-37)35-26(23)34-24-12-7-20-6-5-13-29(2,39)25(20)33-24/h4,7-12,19,39H,1,5-6,13-18H2,2-3H3,(H,30,38)(H2,31,32,33,34,35)/t29-/m1/s1. The van der Waals surface area contributed by atoms with Gasteiger partial charge in [-0.1, -0.05) is 12.1 Å². The van der Waals surface area contributed by atoms with E-state index < -0.39 is 5.60 Å². The average Bonchev–Trinajstić information content (AvgIpc) is 2.93. The van der Waals surface area contributed by atoms with Crippen LogP contribution in [-0.2, 0) is 12.0 Å². The highest BCUT2D eigenvalue weighted by Crippen LogP contribution is 2.34. The maximum atomic E-state index is 12.9. The molecular formula is C29H36N8O2. The third kappa shape index (κ3) is 6.18. The molecule has 3 heterocycles. The molecule has 0 saturated carbocycles. The van der Waals surface area contributed by atoms with Crippen LogP contribution in [0.5, 0.6) is 0 Å². The van der Waals surface area contributed by atoms with Crippen LogP contribution in [0.2, 0.25) is 0 Å². The lowest BCUT2D eigenvalue weighted by Crippen LogP contribution is -2.44. The summed E-state index contributed by atoms with van der Waals surface area (Å²) in [5, 5.41) is 20.1. The van der Waals surface area contributed by atoms with E-state index in [4.69, 9.17) is 4.98 Å². The largest absolute Gasteiger partial charge is 0.384 e. The van der Waals surface area contributed by atoms with Crippen molar-refractivity contribution in [3.63, 3.8) is 0 Å². The molecular weight excluding hydrogens is 492 g/mol.